The van der Waals surface area contributed by atoms with Gasteiger partial charge in [-0.2, -0.15) is 0 Å². The van der Waals surface area contributed by atoms with E-state index in [0.717, 1.165) is 20.6 Å². The van der Waals surface area contributed by atoms with Crippen molar-refractivity contribution in [2.75, 3.05) is 7.05 Å². The molecule has 1 heterocycles. The monoisotopic (exact) mass is 374 g/mol. The maximum Gasteiger partial charge on any atom is 0.0718 e. The minimum Gasteiger partial charge on any atom is -0.311 e. The third kappa shape index (κ3) is 3.34. The van der Waals surface area contributed by atoms with Gasteiger partial charge in [-0.25, -0.2) is 0 Å². The Bertz CT molecular complexity index is 401. The molecule has 0 bridgehead atoms. The van der Waals surface area contributed by atoms with E-state index in [1.54, 1.807) is 0 Å². The normalized spacial score (nSPS) is 26.0. The lowest BCUT2D eigenvalue weighted by atomic mass is 9.78. The van der Waals surface area contributed by atoms with Crippen LogP contribution in [0.2, 0.25) is 0 Å². The molecule has 2 nitrogen and oxygen atoms in total. The third-order valence-corrected chi connectivity index (χ3v) is 5.04. The molecule has 1 aromatic heterocycles. The van der Waals surface area contributed by atoms with E-state index in [1.807, 2.05) is 13.2 Å². The van der Waals surface area contributed by atoms with Crippen molar-refractivity contribution in [1.82, 2.24) is 10.3 Å². The van der Waals surface area contributed by atoms with Gasteiger partial charge in [0.05, 0.1) is 11.7 Å². The third-order valence-electron chi connectivity index (χ3n) is 3.97. The quantitative estimate of drug-likeness (QED) is 0.828. The van der Waals surface area contributed by atoms with Gasteiger partial charge >= 0.3 is 0 Å². The van der Waals surface area contributed by atoms with Gasteiger partial charge in [0.25, 0.3) is 0 Å². The second-order valence-electron chi connectivity index (χ2n) is 5.31. The number of hydrogen-bond donors (Lipinski definition) is 1. The van der Waals surface area contributed by atoms with Crippen molar-refractivity contribution < 1.29 is 0 Å². The molecule has 18 heavy (non-hydrogen) atoms. The summed E-state index contributed by atoms with van der Waals surface area (Å²) >= 11 is 7.09. The fourth-order valence-electron chi connectivity index (χ4n) is 2.87. The van der Waals surface area contributed by atoms with Gasteiger partial charge in [0.15, 0.2) is 0 Å². The summed E-state index contributed by atoms with van der Waals surface area (Å²) < 4.78 is 2.11. The van der Waals surface area contributed by atoms with Crippen LogP contribution in [0.4, 0.5) is 0 Å². The summed E-state index contributed by atoms with van der Waals surface area (Å²) in [6.07, 6.45) is 7.18. The summed E-state index contributed by atoms with van der Waals surface area (Å²) in [7, 11) is 2.04. The predicted octanol–water partition coefficient (Wildman–Crippen LogP) is 4.69. The molecule has 100 valence electrons. The van der Waals surface area contributed by atoms with E-state index < -0.39 is 0 Å². The Balaban J connectivity index is 2.17. The van der Waals surface area contributed by atoms with Gasteiger partial charge in [-0.15, -0.1) is 0 Å². The first-order valence-corrected chi connectivity index (χ1v) is 8.18. The number of rotatable bonds is 3. The van der Waals surface area contributed by atoms with E-state index in [2.05, 4.69) is 55.2 Å². The van der Waals surface area contributed by atoms with E-state index in [1.165, 1.54) is 25.7 Å². The molecular formula is C14H20Br2N2. The number of nitrogens with zero attached hydrogens (tertiary/aromatic N) is 1. The van der Waals surface area contributed by atoms with Crippen LogP contribution >= 0.6 is 31.9 Å². The molecule has 0 saturated heterocycles. The SMILES string of the molecule is CNC(c1ncc(Br)cc1Br)C1CCC(C)CC1. The highest BCUT2D eigenvalue weighted by Gasteiger charge is 2.28. The standard InChI is InChI=1S/C14H20Br2N2/c1-9-3-5-10(6-4-9)13(17-2)14-12(16)7-11(15)8-18-14/h7-10,13,17H,3-6H2,1-2H3. The molecule has 4 heteroatoms. The lowest BCUT2D eigenvalue weighted by molar-refractivity contribution is 0.235. The Morgan fingerprint density at radius 2 is 1.94 bits per heavy atom. The van der Waals surface area contributed by atoms with Crippen LogP contribution in [-0.4, -0.2) is 12.0 Å². The second kappa shape index (κ2) is 6.49. The molecule has 0 radical (unpaired) electrons. The second-order valence-corrected chi connectivity index (χ2v) is 7.08. The van der Waals surface area contributed by atoms with Crippen molar-refractivity contribution in [2.45, 2.75) is 38.6 Å². The summed E-state index contributed by atoms with van der Waals surface area (Å²) in [6, 6.07) is 2.44. The predicted molar refractivity (Wildman–Crippen MR) is 82.6 cm³/mol. The highest BCUT2D eigenvalue weighted by atomic mass is 79.9. The van der Waals surface area contributed by atoms with E-state index in [0.29, 0.717) is 12.0 Å². The molecule has 1 unspecified atom stereocenters. The van der Waals surface area contributed by atoms with Crippen molar-refractivity contribution in [3.8, 4) is 0 Å². The van der Waals surface area contributed by atoms with E-state index in [-0.39, 0.29) is 0 Å². The average Bonchev–Trinajstić information content (AvgIpc) is 2.35. The van der Waals surface area contributed by atoms with E-state index >= 15 is 0 Å². The van der Waals surface area contributed by atoms with Gasteiger partial charge in [-0.05, 0) is 69.7 Å². The zero-order chi connectivity index (χ0) is 13.1. The van der Waals surface area contributed by atoms with Gasteiger partial charge in [0.1, 0.15) is 0 Å². The molecule has 1 aliphatic carbocycles. The molecular weight excluding hydrogens is 356 g/mol. The van der Waals surface area contributed by atoms with Crippen molar-refractivity contribution in [3.63, 3.8) is 0 Å². The van der Waals surface area contributed by atoms with Gasteiger partial charge in [0, 0.05) is 15.1 Å². The largest absolute Gasteiger partial charge is 0.311 e. The smallest absolute Gasteiger partial charge is 0.0718 e. The Labute approximate surface area is 126 Å². The highest BCUT2D eigenvalue weighted by molar-refractivity contribution is 9.11. The fraction of sp³-hybridized carbons (Fsp3) is 0.643. The zero-order valence-electron chi connectivity index (χ0n) is 10.9. The number of hydrogen-bond acceptors (Lipinski definition) is 2. The lowest BCUT2D eigenvalue weighted by Crippen LogP contribution is -2.29. The minimum atomic E-state index is 0.361. The topological polar surface area (TPSA) is 24.9 Å². The molecule has 1 atom stereocenters. The summed E-state index contributed by atoms with van der Waals surface area (Å²) in [4.78, 5) is 4.59. The minimum absolute atomic E-state index is 0.361. The molecule has 1 saturated carbocycles. The first-order valence-electron chi connectivity index (χ1n) is 6.60. The highest BCUT2D eigenvalue weighted by Crippen LogP contribution is 2.38. The molecule has 2 rings (SSSR count). The van der Waals surface area contributed by atoms with Crippen LogP contribution in [0.15, 0.2) is 21.2 Å². The molecule has 0 aromatic carbocycles. The van der Waals surface area contributed by atoms with Gasteiger partial charge in [-0.3, -0.25) is 4.98 Å². The van der Waals surface area contributed by atoms with Crippen LogP contribution in [0.5, 0.6) is 0 Å². The average molecular weight is 376 g/mol. The van der Waals surface area contributed by atoms with Crippen LogP contribution in [-0.2, 0) is 0 Å². The van der Waals surface area contributed by atoms with Crippen LogP contribution in [0.3, 0.4) is 0 Å². The Morgan fingerprint density at radius 1 is 1.28 bits per heavy atom. The van der Waals surface area contributed by atoms with Crippen LogP contribution in [0.25, 0.3) is 0 Å². The molecule has 1 aliphatic rings. The number of halogens is 2. The number of aromatic nitrogens is 1. The summed E-state index contributed by atoms with van der Waals surface area (Å²) in [6.45, 7) is 2.36. The molecule has 1 aromatic rings. The first kappa shape index (κ1) is 14.5. The lowest BCUT2D eigenvalue weighted by Gasteiger charge is -2.32. The van der Waals surface area contributed by atoms with Gasteiger partial charge in [0.2, 0.25) is 0 Å². The van der Waals surface area contributed by atoms with Crippen LogP contribution in [0.1, 0.15) is 44.3 Å². The molecule has 1 N–H and O–H groups in total. The van der Waals surface area contributed by atoms with E-state index in [4.69, 9.17) is 0 Å². The van der Waals surface area contributed by atoms with Crippen molar-refractivity contribution >= 4 is 31.9 Å². The fourth-order valence-corrected chi connectivity index (χ4v) is 4.10. The van der Waals surface area contributed by atoms with Crippen molar-refractivity contribution in [1.29, 1.82) is 0 Å². The zero-order valence-corrected chi connectivity index (χ0v) is 14.1. The van der Waals surface area contributed by atoms with Gasteiger partial charge in [-0.1, -0.05) is 19.8 Å². The number of nitrogens with one attached hydrogen (secondary N) is 1. The summed E-state index contributed by atoms with van der Waals surface area (Å²) in [5, 5.41) is 3.46. The molecule has 0 amide bonds. The summed E-state index contributed by atoms with van der Waals surface area (Å²) in [5.41, 5.74) is 1.14. The van der Waals surface area contributed by atoms with Gasteiger partial charge < -0.3 is 5.32 Å². The Kier molecular flexibility index (Phi) is 5.22. The summed E-state index contributed by atoms with van der Waals surface area (Å²) in [5.74, 6) is 1.59. The van der Waals surface area contributed by atoms with E-state index in [9.17, 15) is 0 Å². The van der Waals surface area contributed by atoms with Crippen LogP contribution in [0, 0.1) is 11.8 Å². The van der Waals surface area contributed by atoms with Crippen LogP contribution < -0.4 is 5.32 Å². The molecule has 0 aliphatic heterocycles. The maximum absolute atomic E-state index is 4.59. The van der Waals surface area contributed by atoms with Crippen molar-refractivity contribution in [3.05, 3.63) is 26.9 Å². The Hall–Kier alpha value is 0.0700. The maximum atomic E-state index is 4.59. The Morgan fingerprint density at radius 3 is 2.50 bits per heavy atom. The van der Waals surface area contributed by atoms with Crippen molar-refractivity contribution in [2.24, 2.45) is 11.8 Å². The molecule has 0 spiro atoms. The molecule has 1 fully saturated rings. The number of pyridine rings is 1. The first-order chi connectivity index (χ1) is 8.61.